The second-order valence-corrected chi connectivity index (χ2v) is 8.49. The second-order valence-electron chi connectivity index (χ2n) is 8.49. The third-order valence-corrected chi connectivity index (χ3v) is 3.89. The Kier molecular flexibility index (Phi) is 5.97. The highest BCUT2D eigenvalue weighted by Crippen LogP contribution is 2.47. The van der Waals surface area contributed by atoms with E-state index in [-0.39, 0.29) is 0 Å². The van der Waals surface area contributed by atoms with Gasteiger partial charge >= 0.3 is 0 Å². The Morgan fingerprint density at radius 1 is 1.00 bits per heavy atom. The molecule has 0 spiro atoms. The highest BCUT2D eigenvalue weighted by atomic mass is 14.8. The van der Waals surface area contributed by atoms with Crippen LogP contribution in [0.2, 0.25) is 0 Å². The molecular formula is C18H34N2. The molecule has 0 N–H and O–H groups in total. The predicted octanol–water partition coefficient (Wildman–Crippen LogP) is 5.03. The summed E-state index contributed by atoms with van der Waals surface area (Å²) in [6, 6.07) is 0.473. The molecule has 0 aromatic heterocycles. The number of aliphatic imine (C=N–C) groups is 2. The molecule has 0 radical (unpaired) electrons. The van der Waals surface area contributed by atoms with Gasteiger partial charge in [0, 0.05) is 19.0 Å². The molecule has 1 aliphatic carbocycles. The molecule has 0 aromatic carbocycles. The summed E-state index contributed by atoms with van der Waals surface area (Å²) in [5, 5.41) is 0. The predicted molar refractivity (Wildman–Crippen MR) is 91.1 cm³/mol. The van der Waals surface area contributed by atoms with Gasteiger partial charge < -0.3 is 0 Å². The van der Waals surface area contributed by atoms with Crippen molar-refractivity contribution in [1.29, 1.82) is 0 Å². The van der Waals surface area contributed by atoms with Crippen LogP contribution in [0.3, 0.4) is 0 Å². The number of nitrogens with zero attached hydrogens (tertiary/aromatic N) is 2. The number of hydrogen-bond acceptors (Lipinski definition) is 2. The van der Waals surface area contributed by atoms with E-state index in [0.717, 1.165) is 6.54 Å². The van der Waals surface area contributed by atoms with Crippen LogP contribution in [-0.4, -0.2) is 25.0 Å². The lowest BCUT2D eigenvalue weighted by Crippen LogP contribution is -2.39. The molecule has 0 heterocycles. The Bertz CT molecular complexity index is 352. The quantitative estimate of drug-likeness (QED) is 0.630. The summed E-state index contributed by atoms with van der Waals surface area (Å²) in [7, 11) is 0. The van der Waals surface area contributed by atoms with Crippen LogP contribution in [0.25, 0.3) is 0 Å². The van der Waals surface area contributed by atoms with Crippen LogP contribution in [0.4, 0.5) is 0 Å². The Hall–Kier alpha value is -0.660. The van der Waals surface area contributed by atoms with Crippen LogP contribution in [0.1, 0.15) is 67.7 Å². The Labute approximate surface area is 126 Å². The zero-order chi connectivity index (χ0) is 15.4. The Balaban J connectivity index is 2.75. The molecule has 2 heteroatoms. The monoisotopic (exact) mass is 278 g/mol. The average Bonchev–Trinajstić information content (AvgIpc) is 2.22. The Morgan fingerprint density at radius 3 is 2.15 bits per heavy atom. The summed E-state index contributed by atoms with van der Waals surface area (Å²) in [4.78, 5) is 9.52. The van der Waals surface area contributed by atoms with Gasteiger partial charge in [-0.2, -0.15) is 0 Å². The van der Waals surface area contributed by atoms with Gasteiger partial charge in [0.15, 0.2) is 0 Å². The van der Waals surface area contributed by atoms with Gasteiger partial charge in [-0.3, -0.25) is 9.98 Å². The van der Waals surface area contributed by atoms with Crippen LogP contribution < -0.4 is 0 Å². The van der Waals surface area contributed by atoms with Crippen LogP contribution in [0.5, 0.6) is 0 Å². The summed E-state index contributed by atoms with van der Waals surface area (Å²) in [5.74, 6) is 1.09. The first-order chi connectivity index (χ1) is 9.12. The maximum absolute atomic E-state index is 4.84. The molecule has 1 aliphatic rings. The maximum Gasteiger partial charge on any atom is 0.0506 e. The molecule has 116 valence electrons. The summed E-state index contributed by atoms with van der Waals surface area (Å²) < 4.78 is 0. The highest BCUT2D eigenvalue weighted by Gasteiger charge is 2.40. The van der Waals surface area contributed by atoms with Crippen molar-refractivity contribution in [2.75, 3.05) is 6.54 Å². The van der Waals surface area contributed by atoms with E-state index in [1.54, 1.807) is 0 Å². The lowest BCUT2D eigenvalue weighted by Gasteiger charge is -2.45. The van der Waals surface area contributed by atoms with Crippen LogP contribution in [-0.2, 0) is 0 Å². The zero-order valence-electron chi connectivity index (χ0n) is 14.6. The summed E-state index contributed by atoms with van der Waals surface area (Å²) >= 11 is 0. The van der Waals surface area contributed by atoms with Gasteiger partial charge in [-0.25, -0.2) is 0 Å². The maximum atomic E-state index is 4.84. The molecule has 0 aliphatic heterocycles. The molecule has 0 aromatic rings. The smallest absolute Gasteiger partial charge is 0.0506 e. The standard InChI is InChI=1S/C18H34N2/c1-14(2)10-19-13-18(7)9-16(20-11-15(3)4)8-17(5,6)12-18/h10-11,14-16H,8-9,12-13H2,1-7H3/t16-,18+/m1/s1. The zero-order valence-corrected chi connectivity index (χ0v) is 14.6. The number of hydrogen-bond donors (Lipinski definition) is 0. The van der Waals surface area contributed by atoms with Gasteiger partial charge in [-0.15, -0.1) is 0 Å². The molecule has 0 bridgehead atoms. The Morgan fingerprint density at radius 2 is 1.60 bits per heavy atom. The van der Waals surface area contributed by atoms with E-state index >= 15 is 0 Å². The molecular weight excluding hydrogens is 244 g/mol. The molecule has 0 amide bonds. The lowest BCUT2D eigenvalue weighted by molar-refractivity contribution is 0.0916. The van der Waals surface area contributed by atoms with E-state index in [1.807, 2.05) is 0 Å². The van der Waals surface area contributed by atoms with Gasteiger partial charge in [0.2, 0.25) is 0 Å². The molecule has 2 atom stereocenters. The minimum atomic E-state index is 0.298. The molecule has 0 unspecified atom stereocenters. The van der Waals surface area contributed by atoms with E-state index in [1.165, 1.54) is 19.3 Å². The fourth-order valence-electron chi connectivity index (χ4n) is 3.58. The highest BCUT2D eigenvalue weighted by molar-refractivity contribution is 5.60. The molecule has 20 heavy (non-hydrogen) atoms. The van der Waals surface area contributed by atoms with Gasteiger partial charge in [-0.05, 0) is 41.9 Å². The average molecular weight is 278 g/mol. The molecule has 1 rings (SSSR count). The van der Waals surface area contributed by atoms with Crippen LogP contribution in [0.15, 0.2) is 9.98 Å². The normalized spacial score (nSPS) is 30.9. The summed E-state index contributed by atoms with van der Waals surface area (Å²) in [5.41, 5.74) is 0.672. The van der Waals surface area contributed by atoms with Gasteiger partial charge in [0.25, 0.3) is 0 Å². The van der Waals surface area contributed by atoms with E-state index in [4.69, 9.17) is 4.99 Å². The first-order valence-corrected chi connectivity index (χ1v) is 8.15. The van der Waals surface area contributed by atoms with Crippen molar-refractivity contribution in [2.24, 2.45) is 32.7 Å². The topological polar surface area (TPSA) is 24.7 Å². The van der Waals surface area contributed by atoms with Crippen molar-refractivity contribution < 1.29 is 0 Å². The van der Waals surface area contributed by atoms with E-state index in [2.05, 4.69) is 65.9 Å². The first-order valence-electron chi connectivity index (χ1n) is 8.15. The van der Waals surface area contributed by atoms with Gasteiger partial charge in [0.05, 0.1) is 6.04 Å². The van der Waals surface area contributed by atoms with Gasteiger partial charge in [0.1, 0.15) is 0 Å². The van der Waals surface area contributed by atoms with Crippen molar-refractivity contribution in [3.05, 3.63) is 0 Å². The van der Waals surface area contributed by atoms with Gasteiger partial charge in [-0.1, -0.05) is 48.5 Å². The van der Waals surface area contributed by atoms with Crippen LogP contribution in [0, 0.1) is 22.7 Å². The van der Waals surface area contributed by atoms with Crippen molar-refractivity contribution in [2.45, 2.75) is 73.8 Å². The van der Waals surface area contributed by atoms with E-state index in [9.17, 15) is 0 Å². The SMILES string of the molecule is CC(C)C=NC[C@@]1(C)C[C@H](N=CC(C)C)CC(C)(C)C1. The van der Waals surface area contributed by atoms with Crippen molar-refractivity contribution in [3.8, 4) is 0 Å². The molecule has 1 fully saturated rings. The molecule has 2 nitrogen and oxygen atoms in total. The fraction of sp³-hybridized carbons (Fsp3) is 0.889. The first kappa shape index (κ1) is 17.4. The summed E-state index contributed by atoms with van der Waals surface area (Å²) in [6.07, 6.45) is 7.86. The lowest BCUT2D eigenvalue weighted by atomic mass is 9.63. The fourth-order valence-corrected chi connectivity index (χ4v) is 3.58. The number of rotatable bonds is 5. The van der Waals surface area contributed by atoms with Crippen molar-refractivity contribution >= 4 is 12.4 Å². The molecule has 1 saturated carbocycles. The van der Waals surface area contributed by atoms with Crippen molar-refractivity contribution in [1.82, 2.24) is 0 Å². The van der Waals surface area contributed by atoms with E-state index in [0.29, 0.717) is 28.7 Å². The van der Waals surface area contributed by atoms with Crippen LogP contribution >= 0.6 is 0 Å². The largest absolute Gasteiger partial charge is 0.297 e. The van der Waals surface area contributed by atoms with Crippen molar-refractivity contribution in [3.63, 3.8) is 0 Å². The summed E-state index contributed by atoms with van der Waals surface area (Å²) in [6.45, 7) is 16.9. The third kappa shape index (κ3) is 6.19. The third-order valence-electron chi connectivity index (χ3n) is 3.89. The second kappa shape index (κ2) is 6.87. The molecule has 0 saturated heterocycles. The minimum Gasteiger partial charge on any atom is -0.297 e. The van der Waals surface area contributed by atoms with E-state index < -0.39 is 0 Å². The minimum absolute atomic E-state index is 0.298.